The number of benzene rings is 2. The van der Waals surface area contributed by atoms with Crippen LogP contribution in [0.4, 0.5) is 0 Å². The number of carbonyl (C=O) groups is 2. The molecule has 0 amide bonds. The molecule has 4 rings (SSSR count). The summed E-state index contributed by atoms with van der Waals surface area (Å²) in [5.74, 6) is 0.709. The smallest absolute Gasteiger partial charge is 0.306 e. The molecule has 0 saturated carbocycles. The molecule has 0 aliphatic carbocycles. The van der Waals surface area contributed by atoms with Crippen LogP contribution in [-0.4, -0.2) is 25.0 Å². The highest BCUT2D eigenvalue weighted by molar-refractivity contribution is 7.17. The minimum Gasteiger partial charge on any atom is -0.486 e. The first kappa shape index (κ1) is 17.5. The SMILES string of the molecule is O=C(CCC(=O)c1ccc2c(c1)OCCO2)OCc1csc2ccccc12. The minimum absolute atomic E-state index is 0.0509. The van der Waals surface area contributed by atoms with Crippen molar-refractivity contribution in [2.45, 2.75) is 19.4 Å². The van der Waals surface area contributed by atoms with E-state index in [1.54, 1.807) is 29.5 Å². The summed E-state index contributed by atoms with van der Waals surface area (Å²) >= 11 is 1.62. The van der Waals surface area contributed by atoms with Crippen molar-refractivity contribution in [3.8, 4) is 11.5 Å². The van der Waals surface area contributed by atoms with Gasteiger partial charge in [0.1, 0.15) is 19.8 Å². The standard InChI is InChI=1S/C21H18O5S/c22-17(14-5-7-18-19(11-14)25-10-9-24-18)6-8-21(23)26-12-15-13-27-20-4-2-1-3-16(15)20/h1-5,7,11,13H,6,8-10,12H2. The highest BCUT2D eigenvalue weighted by atomic mass is 32.1. The van der Waals surface area contributed by atoms with Crippen LogP contribution in [0, 0.1) is 0 Å². The molecule has 1 aliphatic heterocycles. The minimum atomic E-state index is -0.379. The first-order valence-electron chi connectivity index (χ1n) is 8.74. The maximum atomic E-state index is 12.3. The van der Waals surface area contributed by atoms with Gasteiger partial charge in [0.15, 0.2) is 17.3 Å². The van der Waals surface area contributed by atoms with Gasteiger partial charge in [-0.1, -0.05) is 18.2 Å². The van der Waals surface area contributed by atoms with E-state index in [1.165, 1.54) is 0 Å². The van der Waals surface area contributed by atoms with E-state index >= 15 is 0 Å². The number of ketones is 1. The maximum Gasteiger partial charge on any atom is 0.306 e. The predicted molar refractivity (Wildman–Crippen MR) is 103 cm³/mol. The van der Waals surface area contributed by atoms with E-state index in [1.807, 2.05) is 29.6 Å². The number of hydrogen-bond acceptors (Lipinski definition) is 6. The summed E-state index contributed by atoms with van der Waals surface area (Å²) in [7, 11) is 0. The molecule has 2 aromatic carbocycles. The second-order valence-electron chi connectivity index (χ2n) is 6.20. The van der Waals surface area contributed by atoms with E-state index in [-0.39, 0.29) is 31.2 Å². The Balaban J connectivity index is 1.30. The van der Waals surface area contributed by atoms with Crippen molar-refractivity contribution in [3.63, 3.8) is 0 Å². The first-order valence-corrected chi connectivity index (χ1v) is 9.62. The summed E-state index contributed by atoms with van der Waals surface area (Å²) in [6.45, 7) is 1.20. The number of fused-ring (bicyclic) bond motifs is 2. The van der Waals surface area contributed by atoms with E-state index in [4.69, 9.17) is 14.2 Å². The van der Waals surface area contributed by atoms with Crippen LogP contribution in [0.1, 0.15) is 28.8 Å². The normalized spacial score (nSPS) is 12.7. The molecule has 2 heterocycles. The lowest BCUT2D eigenvalue weighted by molar-refractivity contribution is -0.144. The first-order chi connectivity index (χ1) is 13.2. The molecular weight excluding hydrogens is 364 g/mol. The Morgan fingerprint density at radius 2 is 1.81 bits per heavy atom. The number of Topliss-reactive ketones (excluding diaryl/α,β-unsaturated/α-hetero) is 1. The van der Waals surface area contributed by atoms with Gasteiger partial charge in [0, 0.05) is 22.2 Å². The lowest BCUT2D eigenvalue weighted by Crippen LogP contribution is -2.16. The van der Waals surface area contributed by atoms with Gasteiger partial charge in [-0.3, -0.25) is 9.59 Å². The Morgan fingerprint density at radius 1 is 1.00 bits per heavy atom. The third kappa shape index (κ3) is 3.95. The molecule has 0 radical (unpaired) electrons. The summed E-state index contributed by atoms with van der Waals surface area (Å²) in [6, 6.07) is 13.1. The van der Waals surface area contributed by atoms with Gasteiger partial charge in [-0.05, 0) is 35.0 Å². The summed E-state index contributed by atoms with van der Waals surface area (Å²) in [5.41, 5.74) is 1.50. The zero-order valence-corrected chi connectivity index (χ0v) is 15.4. The second-order valence-corrected chi connectivity index (χ2v) is 7.11. The molecule has 0 N–H and O–H groups in total. The van der Waals surface area contributed by atoms with E-state index in [2.05, 4.69) is 0 Å². The van der Waals surface area contributed by atoms with Crippen LogP contribution >= 0.6 is 11.3 Å². The number of rotatable bonds is 6. The van der Waals surface area contributed by atoms with Crippen molar-refractivity contribution < 1.29 is 23.8 Å². The topological polar surface area (TPSA) is 61.8 Å². The van der Waals surface area contributed by atoms with Crippen molar-refractivity contribution in [2.75, 3.05) is 13.2 Å². The fraction of sp³-hybridized carbons (Fsp3) is 0.238. The Bertz CT molecular complexity index is 991. The monoisotopic (exact) mass is 382 g/mol. The molecule has 3 aromatic rings. The van der Waals surface area contributed by atoms with E-state index in [0.717, 1.165) is 15.6 Å². The quantitative estimate of drug-likeness (QED) is 0.468. The summed E-state index contributed by atoms with van der Waals surface area (Å²) in [6.07, 6.45) is 0.151. The van der Waals surface area contributed by atoms with Gasteiger partial charge in [-0.15, -0.1) is 11.3 Å². The number of esters is 1. The van der Waals surface area contributed by atoms with Crippen LogP contribution in [-0.2, 0) is 16.1 Å². The molecule has 0 fully saturated rings. The summed E-state index contributed by atoms with van der Waals surface area (Å²) in [5, 5.41) is 3.10. The Morgan fingerprint density at radius 3 is 2.70 bits per heavy atom. The average molecular weight is 382 g/mol. The van der Waals surface area contributed by atoms with Crippen molar-refractivity contribution in [1.82, 2.24) is 0 Å². The fourth-order valence-corrected chi connectivity index (χ4v) is 3.90. The zero-order chi connectivity index (χ0) is 18.6. The van der Waals surface area contributed by atoms with Crippen LogP contribution in [0.5, 0.6) is 11.5 Å². The number of thiophene rings is 1. The Hall–Kier alpha value is -2.86. The van der Waals surface area contributed by atoms with Gasteiger partial charge in [0.05, 0.1) is 6.42 Å². The molecule has 0 saturated heterocycles. The second kappa shape index (κ2) is 7.80. The van der Waals surface area contributed by atoms with Gasteiger partial charge in [-0.25, -0.2) is 0 Å². The average Bonchev–Trinajstić information content (AvgIpc) is 3.13. The van der Waals surface area contributed by atoms with Crippen molar-refractivity contribution in [1.29, 1.82) is 0 Å². The van der Waals surface area contributed by atoms with Crippen LogP contribution in [0.2, 0.25) is 0 Å². The van der Waals surface area contributed by atoms with E-state index < -0.39 is 0 Å². The summed E-state index contributed by atoms with van der Waals surface area (Å²) < 4.78 is 17.4. The maximum absolute atomic E-state index is 12.3. The van der Waals surface area contributed by atoms with Gasteiger partial charge < -0.3 is 14.2 Å². The molecular formula is C21H18O5S. The van der Waals surface area contributed by atoms with Crippen molar-refractivity contribution >= 4 is 33.2 Å². The molecule has 6 heteroatoms. The zero-order valence-electron chi connectivity index (χ0n) is 14.6. The lowest BCUT2D eigenvalue weighted by atomic mass is 10.1. The number of carbonyl (C=O) groups excluding carboxylic acids is 2. The molecule has 27 heavy (non-hydrogen) atoms. The third-order valence-electron chi connectivity index (χ3n) is 4.37. The molecule has 0 unspecified atom stereocenters. The number of hydrogen-bond donors (Lipinski definition) is 0. The third-order valence-corrected chi connectivity index (χ3v) is 5.38. The molecule has 1 aromatic heterocycles. The number of ether oxygens (including phenoxy) is 3. The predicted octanol–water partition coefficient (Wildman–Crippen LogP) is 4.38. The van der Waals surface area contributed by atoms with Gasteiger partial charge in [-0.2, -0.15) is 0 Å². The molecule has 0 atom stereocenters. The van der Waals surface area contributed by atoms with Crippen molar-refractivity contribution in [2.24, 2.45) is 0 Å². The van der Waals surface area contributed by atoms with E-state index in [0.29, 0.717) is 30.3 Å². The van der Waals surface area contributed by atoms with Crippen LogP contribution < -0.4 is 9.47 Å². The summed E-state index contributed by atoms with van der Waals surface area (Å²) in [4.78, 5) is 24.4. The fourth-order valence-electron chi connectivity index (χ4n) is 2.95. The van der Waals surface area contributed by atoms with Gasteiger partial charge >= 0.3 is 5.97 Å². The van der Waals surface area contributed by atoms with Crippen LogP contribution in [0.25, 0.3) is 10.1 Å². The molecule has 138 valence electrons. The molecule has 1 aliphatic rings. The Kier molecular flexibility index (Phi) is 5.07. The molecule has 5 nitrogen and oxygen atoms in total. The highest BCUT2D eigenvalue weighted by Crippen LogP contribution is 2.31. The van der Waals surface area contributed by atoms with Crippen LogP contribution in [0.3, 0.4) is 0 Å². The lowest BCUT2D eigenvalue weighted by Gasteiger charge is -2.18. The van der Waals surface area contributed by atoms with Gasteiger partial charge in [0.25, 0.3) is 0 Å². The largest absolute Gasteiger partial charge is 0.486 e. The Labute approximate surface area is 160 Å². The molecule has 0 bridgehead atoms. The highest BCUT2D eigenvalue weighted by Gasteiger charge is 2.16. The van der Waals surface area contributed by atoms with E-state index in [9.17, 15) is 9.59 Å². The molecule has 0 spiro atoms. The van der Waals surface area contributed by atoms with Crippen molar-refractivity contribution in [3.05, 3.63) is 59.0 Å². The van der Waals surface area contributed by atoms with Crippen LogP contribution in [0.15, 0.2) is 47.8 Å². The van der Waals surface area contributed by atoms with Gasteiger partial charge in [0.2, 0.25) is 0 Å².